The maximum Gasteiger partial charge on any atom is 2.00 e. The Kier molecular flexibility index (Phi) is 28.7. The average molecular weight is 545 g/mol. The van der Waals surface area contributed by atoms with Gasteiger partial charge in [0, 0.05) is 11.5 Å². The van der Waals surface area contributed by atoms with Crippen molar-refractivity contribution in [2.45, 2.75) is 129 Å². The van der Waals surface area contributed by atoms with Crippen molar-refractivity contribution in [3.8, 4) is 0 Å². The number of carbonyl (C=O) groups is 3. The molecule has 0 aliphatic heterocycles. The van der Waals surface area contributed by atoms with Crippen molar-refractivity contribution in [1.82, 2.24) is 0 Å². The number of carbonyl (C=O) groups excluding carboxylic acids is 3. The molecule has 7 heteroatoms. The van der Waals surface area contributed by atoms with Gasteiger partial charge in [-0.05, 0) is 25.3 Å². The Balaban J connectivity index is 0. The van der Waals surface area contributed by atoms with Crippen LogP contribution in [0.4, 0.5) is 0 Å². The fraction of sp³-hybridized carbons (Fsp3) is 0.700. The SMILES string of the molecule is CCCCCCCCCCCCCCCCCC(=O)[O-].CCCCOC(=O)c1ccccc1C(=O)[O-].[Ca+2]. The van der Waals surface area contributed by atoms with Gasteiger partial charge in [0.15, 0.2) is 0 Å². The van der Waals surface area contributed by atoms with Gasteiger partial charge < -0.3 is 24.5 Å². The Hall–Kier alpha value is -1.11. The first-order valence-electron chi connectivity index (χ1n) is 14.1. The molecular weight excluding hydrogens is 496 g/mol. The monoisotopic (exact) mass is 544 g/mol. The molecule has 0 heterocycles. The Labute approximate surface area is 254 Å². The number of hydrogen-bond acceptors (Lipinski definition) is 6. The number of hydrogen-bond donors (Lipinski definition) is 0. The van der Waals surface area contributed by atoms with Crippen molar-refractivity contribution in [1.29, 1.82) is 0 Å². The fourth-order valence-electron chi connectivity index (χ4n) is 3.87. The van der Waals surface area contributed by atoms with Crippen LogP contribution in [0.15, 0.2) is 24.3 Å². The van der Waals surface area contributed by atoms with Crippen molar-refractivity contribution < 1.29 is 29.3 Å². The number of ether oxygens (including phenoxy) is 1. The topological polar surface area (TPSA) is 107 Å². The second kappa shape index (κ2) is 27.9. The molecule has 0 bridgehead atoms. The standard InChI is InChI=1S/C18H36O2.C12H14O4.Ca/c1-2-3-4-5-6-7-8-9-10-11-12-13-14-15-16-17-18(19)20;1-2-3-8-16-12(15)10-7-5-4-6-9(10)11(13)14;/h2-17H2,1H3,(H,19,20);4-7H,2-3,8H2,1H3,(H,13,14);/q;;+2/p-2. The van der Waals surface area contributed by atoms with Crippen LogP contribution >= 0.6 is 0 Å². The second-order valence-corrected chi connectivity index (χ2v) is 9.39. The van der Waals surface area contributed by atoms with Crippen molar-refractivity contribution >= 4 is 55.6 Å². The summed E-state index contributed by atoms with van der Waals surface area (Å²) in [6.07, 6.45) is 21.5. The van der Waals surface area contributed by atoms with Crippen LogP contribution in [-0.4, -0.2) is 62.3 Å². The molecule has 0 aliphatic carbocycles. The summed E-state index contributed by atoms with van der Waals surface area (Å²) in [6, 6.07) is 5.86. The van der Waals surface area contributed by atoms with Gasteiger partial charge >= 0.3 is 43.7 Å². The average Bonchev–Trinajstić information content (AvgIpc) is 2.86. The van der Waals surface area contributed by atoms with E-state index in [1.807, 2.05) is 6.92 Å². The normalized spacial score (nSPS) is 10.1. The molecule has 0 aromatic heterocycles. The number of carboxylic acids is 2. The van der Waals surface area contributed by atoms with Crippen molar-refractivity contribution in [3.05, 3.63) is 35.4 Å². The summed E-state index contributed by atoms with van der Waals surface area (Å²) in [7, 11) is 0. The minimum absolute atomic E-state index is 0. The van der Waals surface area contributed by atoms with Crippen LogP contribution in [0.2, 0.25) is 0 Å². The Morgan fingerprint density at radius 3 is 1.43 bits per heavy atom. The first kappa shape index (κ1) is 38.0. The van der Waals surface area contributed by atoms with E-state index in [0.29, 0.717) is 6.61 Å². The van der Waals surface area contributed by atoms with Crippen LogP contribution in [-0.2, 0) is 9.53 Å². The summed E-state index contributed by atoms with van der Waals surface area (Å²) in [5.41, 5.74) is -0.0948. The van der Waals surface area contributed by atoms with Gasteiger partial charge in [-0.25, -0.2) is 4.79 Å². The molecule has 206 valence electrons. The van der Waals surface area contributed by atoms with Gasteiger partial charge in [-0.1, -0.05) is 128 Å². The van der Waals surface area contributed by atoms with Crippen LogP contribution in [0, 0.1) is 0 Å². The molecule has 0 unspecified atom stereocenters. The zero-order chi connectivity index (χ0) is 26.9. The molecule has 0 fully saturated rings. The molecule has 0 atom stereocenters. The summed E-state index contributed by atoms with van der Waals surface area (Å²) in [5, 5.41) is 21.0. The van der Waals surface area contributed by atoms with Crippen LogP contribution in [0.3, 0.4) is 0 Å². The molecule has 0 amide bonds. The van der Waals surface area contributed by atoms with Gasteiger partial charge in [-0.2, -0.15) is 0 Å². The summed E-state index contributed by atoms with van der Waals surface area (Å²) in [6.45, 7) is 4.54. The van der Waals surface area contributed by atoms with E-state index < -0.39 is 17.9 Å². The van der Waals surface area contributed by atoms with Gasteiger partial charge in [0.05, 0.1) is 18.1 Å². The fourth-order valence-corrected chi connectivity index (χ4v) is 3.87. The Morgan fingerprint density at radius 1 is 0.622 bits per heavy atom. The maximum absolute atomic E-state index is 11.5. The molecular formula is C30H48CaO6. The maximum atomic E-state index is 11.5. The van der Waals surface area contributed by atoms with E-state index in [-0.39, 0.29) is 55.3 Å². The summed E-state index contributed by atoms with van der Waals surface area (Å²) in [4.78, 5) is 32.5. The third-order valence-corrected chi connectivity index (χ3v) is 6.08. The molecule has 0 aliphatic rings. The van der Waals surface area contributed by atoms with Crippen LogP contribution < -0.4 is 10.2 Å². The molecule has 6 nitrogen and oxygen atoms in total. The number of aliphatic carboxylic acids is 1. The van der Waals surface area contributed by atoms with E-state index >= 15 is 0 Å². The zero-order valence-electron chi connectivity index (χ0n) is 23.4. The van der Waals surface area contributed by atoms with Crippen molar-refractivity contribution in [3.63, 3.8) is 0 Å². The molecule has 0 saturated carbocycles. The zero-order valence-corrected chi connectivity index (χ0v) is 25.6. The van der Waals surface area contributed by atoms with E-state index in [4.69, 9.17) is 4.74 Å². The van der Waals surface area contributed by atoms with E-state index in [9.17, 15) is 24.6 Å². The molecule has 37 heavy (non-hydrogen) atoms. The predicted molar refractivity (Wildman–Crippen MR) is 146 cm³/mol. The molecule has 0 spiro atoms. The van der Waals surface area contributed by atoms with Crippen molar-refractivity contribution in [2.75, 3.05) is 6.61 Å². The van der Waals surface area contributed by atoms with Gasteiger partial charge in [-0.3, -0.25) is 0 Å². The Morgan fingerprint density at radius 2 is 1.03 bits per heavy atom. The number of rotatable bonds is 21. The molecule has 1 aromatic rings. The van der Waals surface area contributed by atoms with Crippen LogP contribution in [0.25, 0.3) is 0 Å². The minimum atomic E-state index is -1.37. The molecule has 0 radical (unpaired) electrons. The van der Waals surface area contributed by atoms with E-state index in [1.165, 1.54) is 102 Å². The van der Waals surface area contributed by atoms with E-state index in [1.54, 1.807) is 6.07 Å². The van der Waals surface area contributed by atoms with Crippen LogP contribution in [0.5, 0.6) is 0 Å². The number of carboxylic acid groups (broad SMARTS) is 2. The number of esters is 1. The van der Waals surface area contributed by atoms with Crippen molar-refractivity contribution in [2.24, 2.45) is 0 Å². The van der Waals surface area contributed by atoms with E-state index in [2.05, 4.69) is 6.92 Å². The third kappa shape index (κ3) is 23.7. The van der Waals surface area contributed by atoms with Gasteiger partial charge in [0.1, 0.15) is 0 Å². The second-order valence-electron chi connectivity index (χ2n) is 9.39. The first-order valence-corrected chi connectivity index (χ1v) is 14.1. The third-order valence-electron chi connectivity index (χ3n) is 6.08. The quantitative estimate of drug-likeness (QED) is 0.113. The largest absolute Gasteiger partial charge is 2.00 e. The molecule has 0 saturated heterocycles. The summed E-state index contributed by atoms with van der Waals surface area (Å²) in [5.74, 6) is -2.89. The molecule has 0 N–H and O–H groups in total. The van der Waals surface area contributed by atoms with E-state index in [0.717, 1.165) is 25.7 Å². The number of aromatic carboxylic acids is 1. The van der Waals surface area contributed by atoms with Crippen LogP contribution in [0.1, 0.15) is 150 Å². The first-order chi connectivity index (χ1) is 17.4. The van der Waals surface area contributed by atoms with Gasteiger partial charge in [0.25, 0.3) is 0 Å². The predicted octanol–water partition coefficient (Wildman–Crippen LogP) is 5.62. The van der Waals surface area contributed by atoms with Gasteiger partial charge in [-0.15, -0.1) is 0 Å². The summed E-state index contributed by atoms with van der Waals surface area (Å²) >= 11 is 0. The number of unbranched alkanes of at least 4 members (excludes halogenated alkanes) is 15. The summed E-state index contributed by atoms with van der Waals surface area (Å²) < 4.78 is 4.93. The molecule has 1 rings (SSSR count). The minimum Gasteiger partial charge on any atom is -0.550 e. The smallest absolute Gasteiger partial charge is 0.550 e. The number of benzene rings is 1. The van der Waals surface area contributed by atoms with Gasteiger partial charge in [0.2, 0.25) is 0 Å². The molecule has 1 aromatic carbocycles. The Bertz CT molecular complexity index is 707.